The fourth-order valence-electron chi connectivity index (χ4n) is 3.31. The largest absolute Gasteiger partial charge is 0.481 e. The standard InChI is InChI=1S/C19H24N4O4/c1-4-27-19(26)18-14-11-22(8-7-15(14)23(21-18)12(2)3)16-6-5-13(10-20-16)9-17(24)25/h5-6,10,12H,4,7-9,11H2,1-3H3,(H,24,25). The minimum Gasteiger partial charge on any atom is -0.481 e. The van der Waals surface area contributed by atoms with Gasteiger partial charge in [-0.15, -0.1) is 0 Å². The first-order chi connectivity index (χ1) is 12.9. The smallest absolute Gasteiger partial charge is 0.359 e. The summed E-state index contributed by atoms with van der Waals surface area (Å²) >= 11 is 0. The fraction of sp³-hybridized carbons (Fsp3) is 0.474. The Morgan fingerprint density at radius 1 is 1.33 bits per heavy atom. The Morgan fingerprint density at radius 3 is 2.70 bits per heavy atom. The molecule has 8 nitrogen and oxygen atoms in total. The number of esters is 1. The molecular formula is C19H24N4O4. The van der Waals surface area contributed by atoms with E-state index in [4.69, 9.17) is 9.84 Å². The lowest BCUT2D eigenvalue weighted by molar-refractivity contribution is -0.136. The van der Waals surface area contributed by atoms with E-state index in [1.807, 2.05) is 24.6 Å². The third kappa shape index (κ3) is 3.94. The van der Waals surface area contributed by atoms with Crippen molar-refractivity contribution in [2.24, 2.45) is 0 Å². The van der Waals surface area contributed by atoms with Crippen LogP contribution in [0.1, 0.15) is 54.1 Å². The SMILES string of the molecule is CCOC(=O)c1nn(C(C)C)c2c1CN(c1ccc(CC(=O)O)cn1)CC2. The van der Waals surface area contributed by atoms with Crippen LogP contribution in [0.3, 0.4) is 0 Å². The van der Waals surface area contributed by atoms with E-state index in [1.54, 1.807) is 19.2 Å². The number of ether oxygens (including phenoxy) is 1. The molecule has 2 aromatic heterocycles. The first kappa shape index (κ1) is 18.9. The van der Waals surface area contributed by atoms with Crippen LogP contribution in [0.15, 0.2) is 18.3 Å². The number of rotatable bonds is 6. The van der Waals surface area contributed by atoms with Crippen molar-refractivity contribution in [1.82, 2.24) is 14.8 Å². The Labute approximate surface area is 157 Å². The second kappa shape index (κ2) is 7.77. The molecule has 0 amide bonds. The van der Waals surface area contributed by atoms with Crippen molar-refractivity contribution in [3.05, 3.63) is 40.8 Å². The van der Waals surface area contributed by atoms with E-state index in [2.05, 4.69) is 15.0 Å². The molecule has 0 spiro atoms. The van der Waals surface area contributed by atoms with Gasteiger partial charge < -0.3 is 14.7 Å². The molecule has 0 radical (unpaired) electrons. The van der Waals surface area contributed by atoms with Crippen LogP contribution in [0.5, 0.6) is 0 Å². The van der Waals surface area contributed by atoms with Gasteiger partial charge in [-0.3, -0.25) is 9.48 Å². The van der Waals surface area contributed by atoms with E-state index in [-0.39, 0.29) is 12.5 Å². The lowest BCUT2D eigenvalue weighted by Crippen LogP contribution is -2.32. The summed E-state index contributed by atoms with van der Waals surface area (Å²) in [5.41, 5.74) is 2.97. The van der Waals surface area contributed by atoms with E-state index in [9.17, 15) is 9.59 Å². The Balaban J connectivity index is 1.88. The number of anilines is 1. The van der Waals surface area contributed by atoms with Crippen LogP contribution in [0.25, 0.3) is 0 Å². The van der Waals surface area contributed by atoms with Gasteiger partial charge in [-0.1, -0.05) is 6.07 Å². The van der Waals surface area contributed by atoms with Crippen molar-refractivity contribution >= 4 is 17.8 Å². The van der Waals surface area contributed by atoms with Crippen molar-refractivity contribution in [2.45, 2.75) is 46.2 Å². The maximum atomic E-state index is 12.4. The van der Waals surface area contributed by atoms with Gasteiger partial charge in [0.05, 0.1) is 13.0 Å². The molecule has 3 rings (SSSR count). The number of hydrogen-bond acceptors (Lipinski definition) is 6. The summed E-state index contributed by atoms with van der Waals surface area (Å²) in [7, 11) is 0. The van der Waals surface area contributed by atoms with Gasteiger partial charge in [0.1, 0.15) is 5.82 Å². The quantitative estimate of drug-likeness (QED) is 0.777. The van der Waals surface area contributed by atoms with Gasteiger partial charge in [0.25, 0.3) is 0 Å². The van der Waals surface area contributed by atoms with Gasteiger partial charge in [-0.25, -0.2) is 9.78 Å². The zero-order valence-electron chi connectivity index (χ0n) is 15.8. The highest BCUT2D eigenvalue weighted by atomic mass is 16.5. The molecule has 1 N–H and O–H groups in total. The number of hydrogen-bond donors (Lipinski definition) is 1. The van der Waals surface area contributed by atoms with Crippen molar-refractivity contribution in [3.63, 3.8) is 0 Å². The molecule has 144 valence electrons. The molecule has 1 aliphatic rings. The molecule has 3 heterocycles. The van der Waals surface area contributed by atoms with E-state index in [0.717, 1.165) is 30.0 Å². The third-order valence-electron chi connectivity index (χ3n) is 4.53. The molecule has 0 unspecified atom stereocenters. The molecule has 1 aliphatic heterocycles. The molecule has 8 heteroatoms. The Morgan fingerprint density at radius 2 is 2.11 bits per heavy atom. The fourth-order valence-corrected chi connectivity index (χ4v) is 3.31. The van der Waals surface area contributed by atoms with Crippen molar-refractivity contribution in [2.75, 3.05) is 18.1 Å². The average Bonchev–Trinajstić information content (AvgIpc) is 3.01. The molecule has 0 saturated heterocycles. The first-order valence-electron chi connectivity index (χ1n) is 9.09. The van der Waals surface area contributed by atoms with Crippen LogP contribution in [0.4, 0.5) is 5.82 Å². The summed E-state index contributed by atoms with van der Waals surface area (Å²) in [6.45, 7) is 7.42. The predicted octanol–water partition coefficient (Wildman–Crippen LogP) is 2.23. The molecule has 27 heavy (non-hydrogen) atoms. The molecule has 0 aliphatic carbocycles. The van der Waals surface area contributed by atoms with Gasteiger partial charge in [0, 0.05) is 43.0 Å². The molecule has 0 aromatic carbocycles. The lowest BCUT2D eigenvalue weighted by Gasteiger charge is -2.29. The Hall–Kier alpha value is -2.90. The van der Waals surface area contributed by atoms with Crippen LogP contribution in [0.2, 0.25) is 0 Å². The number of pyridine rings is 1. The minimum atomic E-state index is -0.882. The van der Waals surface area contributed by atoms with Crippen LogP contribution in [-0.4, -0.2) is 45.0 Å². The second-order valence-corrected chi connectivity index (χ2v) is 6.80. The number of nitrogens with zero attached hydrogens (tertiary/aromatic N) is 4. The summed E-state index contributed by atoms with van der Waals surface area (Å²) in [6, 6.07) is 3.75. The number of carboxylic acids is 1. The highest BCUT2D eigenvalue weighted by molar-refractivity contribution is 5.89. The first-order valence-corrected chi connectivity index (χ1v) is 9.09. The topological polar surface area (TPSA) is 97.6 Å². The summed E-state index contributed by atoms with van der Waals surface area (Å²) < 4.78 is 7.08. The number of fused-ring (bicyclic) bond motifs is 1. The highest BCUT2D eigenvalue weighted by Gasteiger charge is 2.30. The van der Waals surface area contributed by atoms with Gasteiger partial charge in [-0.05, 0) is 32.4 Å². The molecular weight excluding hydrogens is 348 g/mol. The molecule has 0 fully saturated rings. The minimum absolute atomic E-state index is 0.0500. The highest BCUT2D eigenvalue weighted by Crippen LogP contribution is 2.28. The van der Waals surface area contributed by atoms with Crippen molar-refractivity contribution < 1.29 is 19.4 Å². The number of aliphatic carboxylic acids is 1. The van der Waals surface area contributed by atoms with E-state index in [0.29, 0.717) is 24.4 Å². The predicted molar refractivity (Wildman–Crippen MR) is 98.9 cm³/mol. The maximum absolute atomic E-state index is 12.4. The summed E-state index contributed by atoms with van der Waals surface area (Å²) in [6.07, 6.45) is 2.28. The number of carboxylic acid groups (broad SMARTS) is 1. The second-order valence-electron chi connectivity index (χ2n) is 6.80. The van der Waals surface area contributed by atoms with Crippen LogP contribution in [0, 0.1) is 0 Å². The van der Waals surface area contributed by atoms with E-state index >= 15 is 0 Å². The normalized spacial score (nSPS) is 13.6. The van der Waals surface area contributed by atoms with Gasteiger partial charge in [0.2, 0.25) is 0 Å². The van der Waals surface area contributed by atoms with Gasteiger partial charge in [0.15, 0.2) is 5.69 Å². The molecule has 2 aromatic rings. The molecule has 0 atom stereocenters. The summed E-state index contributed by atoms with van der Waals surface area (Å²) in [5.74, 6) is -0.533. The van der Waals surface area contributed by atoms with Gasteiger partial charge in [-0.2, -0.15) is 5.10 Å². The lowest BCUT2D eigenvalue weighted by atomic mass is 10.0. The van der Waals surface area contributed by atoms with E-state index in [1.165, 1.54) is 0 Å². The number of aromatic nitrogens is 3. The zero-order chi connectivity index (χ0) is 19.6. The van der Waals surface area contributed by atoms with Crippen LogP contribution in [-0.2, 0) is 28.9 Å². The monoisotopic (exact) mass is 372 g/mol. The zero-order valence-corrected chi connectivity index (χ0v) is 15.8. The third-order valence-corrected chi connectivity index (χ3v) is 4.53. The summed E-state index contributed by atoms with van der Waals surface area (Å²) in [4.78, 5) is 29.6. The molecule has 0 saturated carbocycles. The van der Waals surface area contributed by atoms with Gasteiger partial charge >= 0.3 is 11.9 Å². The van der Waals surface area contributed by atoms with Crippen LogP contribution < -0.4 is 4.90 Å². The summed E-state index contributed by atoms with van der Waals surface area (Å²) in [5, 5.41) is 13.4. The maximum Gasteiger partial charge on any atom is 0.359 e. The number of carbonyl (C=O) groups excluding carboxylic acids is 1. The number of carbonyl (C=O) groups is 2. The van der Waals surface area contributed by atoms with Crippen molar-refractivity contribution in [3.8, 4) is 0 Å². The molecule has 0 bridgehead atoms. The average molecular weight is 372 g/mol. The Kier molecular flexibility index (Phi) is 5.43. The van der Waals surface area contributed by atoms with E-state index < -0.39 is 11.9 Å². The van der Waals surface area contributed by atoms with Crippen molar-refractivity contribution in [1.29, 1.82) is 0 Å². The van der Waals surface area contributed by atoms with Crippen LogP contribution >= 0.6 is 0 Å². The Bertz CT molecular complexity index is 842.